The quantitative estimate of drug-likeness (QED) is 0.764. The summed E-state index contributed by atoms with van der Waals surface area (Å²) in [6.07, 6.45) is 1.06. The molecule has 1 atom stereocenters. The Kier molecular flexibility index (Phi) is 6.56. The van der Waals surface area contributed by atoms with Crippen LogP contribution < -0.4 is 19.1 Å². The lowest BCUT2D eigenvalue weighted by molar-refractivity contribution is -0.116. The molecule has 2 rings (SSSR count). The summed E-state index contributed by atoms with van der Waals surface area (Å²) >= 11 is 0. The minimum atomic E-state index is -3.74. The van der Waals surface area contributed by atoms with Gasteiger partial charge in [-0.25, -0.2) is 8.42 Å². The number of ether oxygens (including phenoxy) is 2. The molecule has 0 aliphatic heterocycles. The molecule has 0 bridgehead atoms. The monoisotopic (exact) mass is 406 g/mol. The summed E-state index contributed by atoms with van der Waals surface area (Å²) in [6.45, 7) is 5.40. The van der Waals surface area contributed by atoms with Crippen LogP contribution in [0.15, 0.2) is 36.4 Å². The third-order valence-electron chi connectivity index (χ3n) is 4.20. The number of anilines is 2. The van der Waals surface area contributed by atoms with Gasteiger partial charge in [-0.15, -0.1) is 0 Å². The summed E-state index contributed by atoms with van der Waals surface area (Å²) in [7, 11) is -0.786. The largest absolute Gasteiger partial charge is 0.493 e. The molecule has 28 heavy (non-hydrogen) atoms. The van der Waals surface area contributed by atoms with E-state index in [4.69, 9.17) is 9.47 Å². The molecular weight excluding hydrogens is 380 g/mol. The molecule has 0 saturated heterocycles. The smallest absolute Gasteiger partial charge is 0.247 e. The first-order valence-electron chi connectivity index (χ1n) is 8.67. The number of benzene rings is 2. The average Bonchev–Trinajstić information content (AvgIpc) is 2.59. The molecule has 0 unspecified atom stereocenters. The summed E-state index contributed by atoms with van der Waals surface area (Å²) in [4.78, 5) is 12.8. The van der Waals surface area contributed by atoms with Gasteiger partial charge in [-0.1, -0.05) is 6.07 Å². The SMILES string of the molecule is COc1ccc(N([C@H](C)C(=O)Nc2cc(C)cc(C)c2)S(C)(=O)=O)cc1OC. The van der Waals surface area contributed by atoms with E-state index in [-0.39, 0.29) is 0 Å². The standard InChI is InChI=1S/C20H26N2O5S/c1-13-9-14(2)11-16(10-13)21-20(23)15(3)22(28(6,24)25)17-7-8-18(26-4)19(12-17)27-5/h7-12,15H,1-6H3,(H,21,23)/t15-/m1/s1. The van der Waals surface area contributed by atoms with Gasteiger partial charge in [0.25, 0.3) is 0 Å². The molecule has 0 heterocycles. The second-order valence-corrected chi connectivity index (χ2v) is 8.50. The van der Waals surface area contributed by atoms with Crippen molar-refractivity contribution in [3.8, 4) is 11.5 Å². The van der Waals surface area contributed by atoms with Crippen LogP contribution in [-0.2, 0) is 14.8 Å². The van der Waals surface area contributed by atoms with Crippen molar-refractivity contribution in [1.29, 1.82) is 0 Å². The van der Waals surface area contributed by atoms with Gasteiger partial charge in [-0.2, -0.15) is 0 Å². The molecule has 0 aliphatic carbocycles. The zero-order chi connectivity index (χ0) is 21.1. The van der Waals surface area contributed by atoms with E-state index in [0.29, 0.717) is 22.9 Å². The van der Waals surface area contributed by atoms with E-state index in [9.17, 15) is 13.2 Å². The van der Waals surface area contributed by atoms with Crippen LogP contribution in [0.25, 0.3) is 0 Å². The van der Waals surface area contributed by atoms with Crippen LogP contribution in [-0.4, -0.2) is 40.8 Å². The highest BCUT2D eigenvalue weighted by atomic mass is 32.2. The number of hydrogen-bond acceptors (Lipinski definition) is 5. The van der Waals surface area contributed by atoms with E-state index in [1.165, 1.54) is 27.2 Å². The van der Waals surface area contributed by atoms with Gasteiger partial charge in [0.1, 0.15) is 6.04 Å². The Bertz CT molecular complexity index is 952. The lowest BCUT2D eigenvalue weighted by Crippen LogP contribution is -2.45. The fourth-order valence-corrected chi connectivity index (χ4v) is 4.23. The lowest BCUT2D eigenvalue weighted by atomic mass is 10.1. The van der Waals surface area contributed by atoms with E-state index < -0.39 is 22.0 Å². The number of carbonyl (C=O) groups excluding carboxylic acids is 1. The number of rotatable bonds is 7. The molecule has 0 aliphatic rings. The van der Waals surface area contributed by atoms with Crippen molar-refractivity contribution >= 4 is 27.3 Å². The number of hydrogen-bond donors (Lipinski definition) is 1. The summed E-state index contributed by atoms with van der Waals surface area (Å²) < 4.78 is 36.4. The van der Waals surface area contributed by atoms with Crippen molar-refractivity contribution in [2.45, 2.75) is 26.8 Å². The number of nitrogens with zero attached hydrogens (tertiary/aromatic N) is 1. The summed E-state index contributed by atoms with van der Waals surface area (Å²) in [5, 5.41) is 2.80. The molecule has 2 aromatic carbocycles. The molecule has 2 aromatic rings. The van der Waals surface area contributed by atoms with Crippen molar-refractivity contribution in [2.75, 3.05) is 30.1 Å². The van der Waals surface area contributed by atoms with Crippen LogP contribution in [0.3, 0.4) is 0 Å². The molecule has 0 saturated carbocycles. The fraction of sp³-hybridized carbons (Fsp3) is 0.350. The zero-order valence-electron chi connectivity index (χ0n) is 16.9. The van der Waals surface area contributed by atoms with Crippen molar-refractivity contribution < 1.29 is 22.7 Å². The van der Waals surface area contributed by atoms with Crippen molar-refractivity contribution in [3.63, 3.8) is 0 Å². The van der Waals surface area contributed by atoms with Gasteiger partial charge in [0.15, 0.2) is 11.5 Å². The number of amides is 1. The topological polar surface area (TPSA) is 84.9 Å². The minimum absolute atomic E-state index is 0.309. The minimum Gasteiger partial charge on any atom is -0.493 e. The number of nitrogens with one attached hydrogen (secondary N) is 1. The van der Waals surface area contributed by atoms with Gasteiger partial charge in [0.05, 0.1) is 26.2 Å². The molecule has 0 spiro atoms. The van der Waals surface area contributed by atoms with E-state index in [1.807, 2.05) is 32.0 Å². The highest BCUT2D eigenvalue weighted by Crippen LogP contribution is 2.33. The second kappa shape index (κ2) is 8.52. The maximum atomic E-state index is 12.8. The molecule has 152 valence electrons. The Morgan fingerprint density at radius 3 is 2.07 bits per heavy atom. The first-order valence-corrected chi connectivity index (χ1v) is 10.5. The highest BCUT2D eigenvalue weighted by Gasteiger charge is 2.30. The number of methoxy groups -OCH3 is 2. The predicted molar refractivity (Wildman–Crippen MR) is 111 cm³/mol. The summed E-state index contributed by atoms with van der Waals surface area (Å²) in [5.41, 5.74) is 2.93. The maximum absolute atomic E-state index is 12.8. The Hall–Kier alpha value is -2.74. The van der Waals surface area contributed by atoms with Crippen LogP contribution in [0, 0.1) is 13.8 Å². The van der Waals surface area contributed by atoms with Gasteiger partial charge in [0.2, 0.25) is 15.9 Å². The maximum Gasteiger partial charge on any atom is 0.247 e. The second-order valence-electron chi connectivity index (χ2n) is 6.64. The van der Waals surface area contributed by atoms with Crippen LogP contribution in [0.2, 0.25) is 0 Å². The lowest BCUT2D eigenvalue weighted by Gasteiger charge is -2.28. The molecule has 0 fully saturated rings. The van der Waals surface area contributed by atoms with Crippen LogP contribution in [0.4, 0.5) is 11.4 Å². The molecule has 0 radical (unpaired) electrons. The van der Waals surface area contributed by atoms with E-state index in [0.717, 1.165) is 21.7 Å². The average molecular weight is 407 g/mol. The van der Waals surface area contributed by atoms with Gasteiger partial charge in [-0.05, 0) is 56.2 Å². The number of carbonyl (C=O) groups is 1. The fourth-order valence-electron chi connectivity index (χ4n) is 3.06. The van der Waals surface area contributed by atoms with Crippen molar-refractivity contribution in [3.05, 3.63) is 47.5 Å². The van der Waals surface area contributed by atoms with E-state index in [1.54, 1.807) is 12.1 Å². The van der Waals surface area contributed by atoms with Crippen LogP contribution in [0.1, 0.15) is 18.1 Å². The third kappa shape index (κ3) is 4.95. The van der Waals surface area contributed by atoms with Crippen molar-refractivity contribution in [2.24, 2.45) is 0 Å². The Labute approximate surface area is 166 Å². The third-order valence-corrected chi connectivity index (χ3v) is 5.44. The number of aryl methyl sites for hydroxylation is 2. The zero-order valence-corrected chi connectivity index (χ0v) is 17.8. The molecule has 0 aromatic heterocycles. The normalized spacial score (nSPS) is 12.2. The van der Waals surface area contributed by atoms with E-state index in [2.05, 4.69) is 5.32 Å². The first kappa shape index (κ1) is 21.6. The predicted octanol–water partition coefficient (Wildman–Crippen LogP) is 3.11. The Balaban J connectivity index is 2.38. The Morgan fingerprint density at radius 1 is 1.00 bits per heavy atom. The van der Waals surface area contributed by atoms with Gasteiger partial charge >= 0.3 is 0 Å². The summed E-state index contributed by atoms with van der Waals surface area (Å²) in [5.74, 6) is 0.396. The number of sulfonamides is 1. The van der Waals surface area contributed by atoms with Gasteiger partial charge in [0, 0.05) is 11.8 Å². The molecule has 1 N–H and O–H groups in total. The Morgan fingerprint density at radius 2 is 1.57 bits per heavy atom. The molecule has 7 nitrogen and oxygen atoms in total. The molecule has 8 heteroatoms. The van der Waals surface area contributed by atoms with Crippen LogP contribution >= 0.6 is 0 Å². The van der Waals surface area contributed by atoms with Gasteiger partial charge < -0.3 is 14.8 Å². The van der Waals surface area contributed by atoms with Crippen LogP contribution in [0.5, 0.6) is 11.5 Å². The first-order chi connectivity index (χ1) is 13.1. The van der Waals surface area contributed by atoms with E-state index >= 15 is 0 Å². The van der Waals surface area contributed by atoms with Crippen molar-refractivity contribution in [1.82, 2.24) is 0 Å². The molecular formula is C20H26N2O5S. The molecule has 1 amide bonds. The van der Waals surface area contributed by atoms with Gasteiger partial charge in [-0.3, -0.25) is 9.10 Å². The highest BCUT2D eigenvalue weighted by molar-refractivity contribution is 7.92. The summed E-state index contributed by atoms with van der Waals surface area (Å²) in [6, 6.07) is 9.38.